The monoisotopic (exact) mass is 192 g/mol. The molecule has 0 aromatic heterocycles. The first-order chi connectivity index (χ1) is 6.70. The fourth-order valence-electron chi connectivity index (χ4n) is 2.64. The zero-order valence-electron chi connectivity index (χ0n) is 7.96. The van der Waals surface area contributed by atoms with Crippen molar-refractivity contribution in [3.05, 3.63) is 35.1 Å². The van der Waals surface area contributed by atoms with Gasteiger partial charge in [0.05, 0.1) is 5.60 Å². The summed E-state index contributed by atoms with van der Waals surface area (Å²) < 4.78 is 12.9. The lowest BCUT2D eigenvalue weighted by atomic mass is 9.91. The van der Waals surface area contributed by atoms with Crippen molar-refractivity contribution in [1.29, 1.82) is 0 Å². The number of rotatable bonds is 1. The Morgan fingerprint density at radius 3 is 2.86 bits per heavy atom. The summed E-state index contributed by atoms with van der Waals surface area (Å²) in [7, 11) is 0. The van der Waals surface area contributed by atoms with Crippen molar-refractivity contribution in [1.82, 2.24) is 0 Å². The van der Waals surface area contributed by atoms with Crippen LogP contribution in [0.3, 0.4) is 0 Å². The lowest BCUT2D eigenvalue weighted by Gasteiger charge is -2.23. The molecule has 74 valence electrons. The van der Waals surface area contributed by atoms with Crippen molar-refractivity contribution < 1.29 is 9.50 Å². The van der Waals surface area contributed by atoms with Crippen molar-refractivity contribution in [2.45, 2.75) is 31.3 Å². The molecule has 14 heavy (non-hydrogen) atoms. The minimum absolute atomic E-state index is 0.191. The number of benzene rings is 1. The molecule has 0 bridgehead atoms. The molecule has 0 amide bonds. The van der Waals surface area contributed by atoms with E-state index in [1.165, 1.54) is 6.07 Å². The van der Waals surface area contributed by atoms with Crippen LogP contribution in [0.4, 0.5) is 4.39 Å². The smallest absolute Gasteiger partial charge is 0.123 e. The Kier molecular flexibility index (Phi) is 1.55. The van der Waals surface area contributed by atoms with Crippen LogP contribution in [0.2, 0.25) is 0 Å². The van der Waals surface area contributed by atoms with E-state index >= 15 is 0 Å². The van der Waals surface area contributed by atoms with Crippen LogP contribution in [0.1, 0.15) is 30.4 Å². The van der Waals surface area contributed by atoms with Crippen LogP contribution >= 0.6 is 0 Å². The fourth-order valence-corrected chi connectivity index (χ4v) is 2.64. The molecule has 1 N–H and O–H groups in total. The van der Waals surface area contributed by atoms with Crippen LogP contribution in [0.15, 0.2) is 18.2 Å². The van der Waals surface area contributed by atoms with Gasteiger partial charge in [-0.25, -0.2) is 4.39 Å². The second-order valence-electron chi connectivity index (χ2n) is 4.50. The number of fused-ring (bicyclic) bond motifs is 1. The van der Waals surface area contributed by atoms with Crippen molar-refractivity contribution in [3.8, 4) is 0 Å². The molecule has 1 fully saturated rings. The Balaban J connectivity index is 2.09. The van der Waals surface area contributed by atoms with Crippen LogP contribution in [-0.4, -0.2) is 5.11 Å². The SMILES string of the molecule is O[C@@]1(C2CC2)CCc2cc(F)ccc21. The molecule has 0 radical (unpaired) electrons. The Morgan fingerprint density at radius 1 is 1.36 bits per heavy atom. The molecule has 3 rings (SSSR count). The predicted octanol–water partition coefficient (Wildman–Crippen LogP) is 2.37. The van der Waals surface area contributed by atoms with Crippen LogP contribution in [-0.2, 0) is 12.0 Å². The molecule has 0 heterocycles. The Morgan fingerprint density at radius 2 is 2.14 bits per heavy atom. The molecule has 1 atom stereocenters. The first-order valence-corrected chi connectivity index (χ1v) is 5.21. The summed E-state index contributed by atoms with van der Waals surface area (Å²) in [5.74, 6) is 0.234. The molecule has 1 aromatic rings. The van der Waals surface area contributed by atoms with Crippen LogP contribution in [0.5, 0.6) is 0 Å². The summed E-state index contributed by atoms with van der Waals surface area (Å²) in [6.07, 6.45) is 3.83. The number of aryl methyl sites for hydroxylation is 1. The minimum atomic E-state index is -0.636. The maximum atomic E-state index is 12.9. The Bertz CT molecular complexity index is 384. The van der Waals surface area contributed by atoms with Crippen molar-refractivity contribution in [2.24, 2.45) is 5.92 Å². The molecular formula is C12H13FO. The molecule has 0 unspecified atom stereocenters. The number of aliphatic hydroxyl groups is 1. The van der Waals surface area contributed by atoms with Gasteiger partial charge in [-0.15, -0.1) is 0 Å². The minimum Gasteiger partial charge on any atom is -0.385 e. The third-order valence-electron chi connectivity index (χ3n) is 3.56. The lowest BCUT2D eigenvalue weighted by molar-refractivity contribution is 0.0149. The van der Waals surface area contributed by atoms with E-state index in [0.717, 1.165) is 36.8 Å². The number of hydrogen-bond donors (Lipinski definition) is 1. The molecule has 1 aromatic carbocycles. The van der Waals surface area contributed by atoms with Gasteiger partial charge >= 0.3 is 0 Å². The fraction of sp³-hybridized carbons (Fsp3) is 0.500. The summed E-state index contributed by atoms with van der Waals surface area (Å²) >= 11 is 0. The maximum absolute atomic E-state index is 12.9. The van der Waals surface area contributed by atoms with E-state index in [4.69, 9.17) is 0 Å². The quantitative estimate of drug-likeness (QED) is 0.724. The van der Waals surface area contributed by atoms with Crippen LogP contribution in [0.25, 0.3) is 0 Å². The highest BCUT2D eigenvalue weighted by atomic mass is 19.1. The van der Waals surface area contributed by atoms with Gasteiger partial charge in [-0.2, -0.15) is 0 Å². The molecule has 0 spiro atoms. The van der Waals surface area contributed by atoms with Gasteiger partial charge in [-0.1, -0.05) is 6.07 Å². The van der Waals surface area contributed by atoms with Gasteiger partial charge in [0.2, 0.25) is 0 Å². The third-order valence-corrected chi connectivity index (χ3v) is 3.56. The zero-order chi connectivity index (χ0) is 9.76. The molecular weight excluding hydrogens is 179 g/mol. The topological polar surface area (TPSA) is 20.2 Å². The van der Waals surface area contributed by atoms with Gasteiger partial charge in [0.15, 0.2) is 0 Å². The van der Waals surface area contributed by atoms with E-state index in [1.54, 1.807) is 12.1 Å². The molecule has 1 saturated carbocycles. The Labute approximate surface area is 82.6 Å². The average Bonchev–Trinajstić information content (AvgIpc) is 2.94. The molecule has 2 heteroatoms. The summed E-state index contributed by atoms with van der Waals surface area (Å²) in [5.41, 5.74) is 1.34. The van der Waals surface area contributed by atoms with Gasteiger partial charge in [0.25, 0.3) is 0 Å². The van der Waals surface area contributed by atoms with Crippen LogP contribution < -0.4 is 0 Å². The second kappa shape index (κ2) is 2.57. The highest BCUT2D eigenvalue weighted by Crippen LogP contribution is 2.52. The van der Waals surface area contributed by atoms with Gasteiger partial charge < -0.3 is 5.11 Å². The summed E-state index contributed by atoms with van der Waals surface area (Å²) in [6, 6.07) is 4.78. The van der Waals surface area contributed by atoms with Gasteiger partial charge in [-0.05, 0) is 54.9 Å². The van der Waals surface area contributed by atoms with Crippen molar-refractivity contribution >= 4 is 0 Å². The number of halogens is 1. The Hall–Kier alpha value is -0.890. The van der Waals surface area contributed by atoms with Crippen molar-refractivity contribution in [2.75, 3.05) is 0 Å². The summed E-state index contributed by atoms with van der Waals surface area (Å²) in [5, 5.41) is 10.5. The largest absolute Gasteiger partial charge is 0.385 e. The third kappa shape index (κ3) is 1.04. The van der Waals surface area contributed by atoms with E-state index in [2.05, 4.69) is 0 Å². The van der Waals surface area contributed by atoms with Gasteiger partial charge in [0.1, 0.15) is 5.82 Å². The van der Waals surface area contributed by atoms with E-state index in [0.29, 0.717) is 5.92 Å². The molecule has 2 aliphatic rings. The lowest BCUT2D eigenvalue weighted by Crippen LogP contribution is -2.24. The zero-order valence-corrected chi connectivity index (χ0v) is 7.96. The average molecular weight is 192 g/mol. The first kappa shape index (κ1) is 8.42. The maximum Gasteiger partial charge on any atom is 0.123 e. The highest BCUT2D eigenvalue weighted by molar-refractivity contribution is 5.39. The standard InChI is InChI=1S/C12H13FO/c13-10-3-4-11-8(7-10)5-6-12(11,14)9-1-2-9/h3-4,7,9,14H,1-2,5-6H2/t12-/m1/s1. The van der Waals surface area contributed by atoms with E-state index in [1.807, 2.05) is 0 Å². The normalized spacial score (nSPS) is 30.4. The van der Waals surface area contributed by atoms with Crippen LogP contribution in [0, 0.1) is 11.7 Å². The predicted molar refractivity (Wildman–Crippen MR) is 51.3 cm³/mol. The molecule has 1 nitrogen and oxygen atoms in total. The van der Waals surface area contributed by atoms with Gasteiger partial charge in [0, 0.05) is 0 Å². The highest BCUT2D eigenvalue weighted by Gasteiger charge is 2.48. The van der Waals surface area contributed by atoms with Crippen molar-refractivity contribution in [3.63, 3.8) is 0 Å². The molecule has 2 aliphatic carbocycles. The molecule has 0 aliphatic heterocycles. The van der Waals surface area contributed by atoms with E-state index in [9.17, 15) is 9.50 Å². The second-order valence-corrected chi connectivity index (χ2v) is 4.50. The first-order valence-electron chi connectivity index (χ1n) is 5.21. The number of hydrogen-bond acceptors (Lipinski definition) is 1. The summed E-state index contributed by atoms with van der Waals surface area (Å²) in [6.45, 7) is 0. The van der Waals surface area contributed by atoms with Gasteiger partial charge in [-0.3, -0.25) is 0 Å². The van der Waals surface area contributed by atoms with E-state index in [-0.39, 0.29) is 5.82 Å². The summed E-state index contributed by atoms with van der Waals surface area (Å²) in [4.78, 5) is 0. The van der Waals surface area contributed by atoms with E-state index < -0.39 is 5.60 Å². The molecule has 0 saturated heterocycles.